The minimum Gasteiger partial charge on any atom is -0.466 e. The van der Waals surface area contributed by atoms with Crippen LogP contribution in [0.3, 0.4) is 0 Å². The number of carbonyl (C=O) groups is 2. The molecule has 0 bridgehead atoms. The Bertz CT molecular complexity index is 681. The number of esters is 1. The van der Waals surface area contributed by atoms with Crippen LogP contribution in [0.25, 0.3) is 0 Å². The molecule has 0 saturated carbocycles. The number of aliphatic imine (C=N–C) groups is 1. The Balaban J connectivity index is 1.79. The van der Waals surface area contributed by atoms with Crippen LogP contribution in [0, 0.1) is 11.7 Å². The smallest absolute Gasteiger partial charge is 0.310 e. The van der Waals surface area contributed by atoms with Gasteiger partial charge in [0.2, 0.25) is 0 Å². The summed E-state index contributed by atoms with van der Waals surface area (Å²) in [7, 11) is 1.67. The summed E-state index contributed by atoms with van der Waals surface area (Å²) in [5, 5.41) is 5.84. The molecule has 1 aliphatic rings. The fraction of sp³-hybridized carbons (Fsp3) is 0.526. The van der Waals surface area contributed by atoms with Crippen LogP contribution in [0.1, 0.15) is 30.1 Å². The van der Waals surface area contributed by atoms with E-state index in [1.54, 1.807) is 26.1 Å². The van der Waals surface area contributed by atoms with Crippen LogP contribution < -0.4 is 10.6 Å². The van der Waals surface area contributed by atoms with Gasteiger partial charge in [-0.05, 0) is 31.9 Å². The van der Waals surface area contributed by atoms with E-state index >= 15 is 0 Å². The average Bonchev–Trinajstić information content (AvgIpc) is 2.68. The van der Waals surface area contributed by atoms with E-state index in [1.807, 2.05) is 4.90 Å². The zero-order chi connectivity index (χ0) is 19.6. The third-order valence-electron chi connectivity index (χ3n) is 4.36. The molecular weight excluding hydrogens is 351 g/mol. The molecule has 0 unspecified atom stereocenters. The molecule has 1 heterocycles. The lowest BCUT2D eigenvalue weighted by Crippen LogP contribution is -2.49. The van der Waals surface area contributed by atoms with Gasteiger partial charge < -0.3 is 20.3 Å². The number of nitrogens with zero attached hydrogens (tertiary/aromatic N) is 2. The quantitative estimate of drug-likeness (QED) is 0.338. The Morgan fingerprint density at radius 3 is 2.74 bits per heavy atom. The summed E-state index contributed by atoms with van der Waals surface area (Å²) in [5.74, 6) is -0.653. The molecule has 0 radical (unpaired) electrons. The molecule has 1 atom stereocenters. The third-order valence-corrected chi connectivity index (χ3v) is 4.36. The third kappa shape index (κ3) is 5.94. The predicted molar refractivity (Wildman–Crippen MR) is 101 cm³/mol. The number of piperidine rings is 1. The average molecular weight is 378 g/mol. The molecule has 148 valence electrons. The number of carbonyl (C=O) groups excluding carboxylic acids is 2. The summed E-state index contributed by atoms with van der Waals surface area (Å²) in [6.45, 7) is 4.30. The number of halogens is 1. The van der Waals surface area contributed by atoms with Crippen LogP contribution >= 0.6 is 0 Å². The molecular formula is C19H27FN4O3. The van der Waals surface area contributed by atoms with Gasteiger partial charge in [0.15, 0.2) is 5.96 Å². The van der Waals surface area contributed by atoms with Gasteiger partial charge in [0.1, 0.15) is 5.82 Å². The number of guanidine groups is 1. The Morgan fingerprint density at radius 1 is 1.30 bits per heavy atom. The lowest BCUT2D eigenvalue weighted by molar-refractivity contribution is -0.149. The topological polar surface area (TPSA) is 83.0 Å². The number of benzene rings is 1. The van der Waals surface area contributed by atoms with E-state index < -0.39 is 11.7 Å². The van der Waals surface area contributed by atoms with Gasteiger partial charge in [-0.15, -0.1) is 0 Å². The van der Waals surface area contributed by atoms with Crippen molar-refractivity contribution in [2.75, 3.05) is 39.8 Å². The molecule has 1 aromatic carbocycles. The maximum Gasteiger partial charge on any atom is 0.310 e. The van der Waals surface area contributed by atoms with Crippen LogP contribution in [-0.2, 0) is 9.53 Å². The van der Waals surface area contributed by atoms with E-state index in [-0.39, 0.29) is 17.5 Å². The maximum absolute atomic E-state index is 13.6. The van der Waals surface area contributed by atoms with Gasteiger partial charge in [-0.2, -0.15) is 0 Å². The summed E-state index contributed by atoms with van der Waals surface area (Å²) in [6, 6.07) is 5.86. The normalized spacial score (nSPS) is 17.4. The van der Waals surface area contributed by atoms with Crippen molar-refractivity contribution in [1.82, 2.24) is 15.5 Å². The van der Waals surface area contributed by atoms with Gasteiger partial charge in [0.25, 0.3) is 5.91 Å². The van der Waals surface area contributed by atoms with Crippen LogP contribution in [0.5, 0.6) is 0 Å². The van der Waals surface area contributed by atoms with Crippen molar-refractivity contribution in [3.63, 3.8) is 0 Å². The summed E-state index contributed by atoms with van der Waals surface area (Å²) in [5.41, 5.74) is 0.0233. The minimum absolute atomic E-state index is 0.0233. The molecule has 1 fully saturated rings. The van der Waals surface area contributed by atoms with E-state index in [2.05, 4.69) is 15.6 Å². The second-order valence-corrected chi connectivity index (χ2v) is 6.25. The molecule has 27 heavy (non-hydrogen) atoms. The van der Waals surface area contributed by atoms with Crippen LogP contribution in [0.2, 0.25) is 0 Å². The van der Waals surface area contributed by atoms with Crippen molar-refractivity contribution in [1.29, 1.82) is 0 Å². The molecule has 1 aromatic rings. The summed E-state index contributed by atoms with van der Waals surface area (Å²) in [6.07, 6.45) is 1.69. The standard InChI is InChI=1S/C19H27FN4O3/c1-3-27-18(26)14-7-6-12-24(13-14)19(21-2)23-11-10-22-17(25)15-8-4-5-9-16(15)20/h4-5,8-9,14H,3,6-7,10-13H2,1-2H3,(H,21,23)(H,22,25)/t14-/m0/s1. The molecule has 8 heteroatoms. The first kappa shape index (κ1) is 20.7. The van der Waals surface area contributed by atoms with Crippen molar-refractivity contribution in [3.8, 4) is 0 Å². The van der Waals surface area contributed by atoms with Gasteiger partial charge in [0, 0.05) is 33.2 Å². The number of ether oxygens (including phenoxy) is 1. The number of hydrogen-bond donors (Lipinski definition) is 2. The largest absolute Gasteiger partial charge is 0.466 e. The van der Waals surface area contributed by atoms with E-state index in [9.17, 15) is 14.0 Å². The molecule has 7 nitrogen and oxygen atoms in total. The Kier molecular flexibility index (Phi) is 8.03. The molecule has 2 N–H and O–H groups in total. The van der Waals surface area contributed by atoms with Gasteiger partial charge in [-0.25, -0.2) is 4.39 Å². The zero-order valence-corrected chi connectivity index (χ0v) is 15.8. The highest BCUT2D eigenvalue weighted by Crippen LogP contribution is 2.18. The summed E-state index contributed by atoms with van der Waals surface area (Å²) < 4.78 is 18.7. The van der Waals surface area contributed by atoms with Gasteiger partial charge in [0.05, 0.1) is 18.1 Å². The summed E-state index contributed by atoms with van der Waals surface area (Å²) in [4.78, 5) is 30.2. The van der Waals surface area contributed by atoms with E-state index in [1.165, 1.54) is 12.1 Å². The number of nitrogens with one attached hydrogen (secondary N) is 2. The fourth-order valence-electron chi connectivity index (χ4n) is 3.05. The van der Waals surface area contributed by atoms with Crippen molar-refractivity contribution < 1.29 is 18.7 Å². The molecule has 1 amide bonds. The van der Waals surface area contributed by atoms with E-state index in [4.69, 9.17) is 4.74 Å². The highest BCUT2D eigenvalue weighted by Gasteiger charge is 2.28. The highest BCUT2D eigenvalue weighted by atomic mass is 19.1. The van der Waals surface area contributed by atoms with Crippen molar-refractivity contribution >= 4 is 17.8 Å². The molecule has 1 aliphatic heterocycles. The zero-order valence-electron chi connectivity index (χ0n) is 15.8. The van der Waals surface area contributed by atoms with Crippen molar-refractivity contribution in [2.45, 2.75) is 19.8 Å². The number of hydrogen-bond acceptors (Lipinski definition) is 4. The Morgan fingerprint density at radius 2 is 2.04 bits per heavy atom. The SMILES string of the molecule is CCOC(=O)[C@H]1CCCN(C(=NC)NCCNC(=O)c2ccccc2F)C1. The first-order chi connectivity index (χ1) is 13.1. The molecule has 0 aliphatic carbocycles. The van der Waals surface area contributed by atoms with Gasteiger partial charge in [-0.1, -0.05) is 12.1 Å². The highest BCUT2D eigenvalue weighted by molar-refractivity contribution is 5.94. The number of rotatable bonds is 6. The van der Waals surface area contributed by atoms with Crippen molar-refractivity contribution in [3.05, 3.63) is 35.6 Å². The second-order valence-electron chi connectivity index (χ2n) is 6.25. The molecule has 0 spiro atoms. The van der Waals surface area contributed by atoms with Crippen LogP contribution in [0.4, 0.5) is 4.39 Å². The number of amides is 1. The number of likely N-dealkylation sites (tertiary alicyclic amines) is 1. The molecule has 1 saturated heterocycles. The van der Waals surface area contributed by atoms with Crippen LogP contribution in [-0.4, -0.2) is 62.6 Å². The second kappa shape index (κ2) is 10.5. The lowest BCUT2D eigenvalue weighted by atomic mass is 9.98. The monoisotopic (exact) mass is 378 g/mol. The van der Waals surface area contributed by atoms with E-state index in [0.717, 1.165) is 19.4 Å². The first-order valence-corrected chi connectivity index (χ1v) is 9.21. The van der Waals surface area contributed by atoms with Gasteiger partial charge >= 0.3 is 5.97 Å². The van der Waals surface area contributed by atoms with Crippen molar-refractivity contribution in [2.24, 2.45) is 10.9 Å². The minimum atomic E-state index is -0.544. The lowest BCUT2D eigenvalue weighted by Gasteiger charge is -2.33. The predicted octanol–water partition coefficient (Wildman–Crippen LogP) is 1.41. The fourth-order valence-corrected chi connectivity index (χ4v) is 3.05. The Labute approximate surface area is 159 Å². The first-order valence-electron chi connectivity index (χ1n) is 9.21. The Hall–Kier alpha value is -2.64. The van der Waals surface area contributed by atoms with E-state index in [0.29, 0.717) is 32.2 Å². The molecule has 0 aromatic heterocycles. The molecule has 2 rings (SSSR count). The maximum atomic E-state index is 13.6. The summed E-state index contributed by atoms with van der Waals surface area (Å²) >= 11 is 0. The van der Waals surface area contributed by atoms with Crippen LogP contribution in [0.15, 0.2) is 29.3 Å². The van der Waals surface area contributed by atoms with Gasteiger partial charge in [-0.3, -0.25) is 14.6 Å².